The first kappa shape index (κ1) is 38.1. The zero-order valence-electron chi connectivity index (χ0n) is 29.9. The van der Waals surface area contributed by atoms with Crippen molar-refractivity contribution in [1.29, 1.82) is 0 Å². The van der Waals surface area contributed by atoms with Gasteiger partial charge in [0, 0.05) is 28.8 Å². The highest BCUT2D eigenvalue weighted by atomic mass is 19.4. The van der Waals surface area contributed by atoms with Gasteiger partial charge in [0.15, 0.2) is 5.78 Å². The molecule has 10 heteroatoms. The van der Waals surface area contributed by atoms with Gasteiger partial charge in [0.2, 0.25) is 0 Å². The van der Waals surface area contributed by atoms with Crippen LogP contribution in [0.4, 0.5) is 23.7 Å². The van der Waals surface area contributed by atoms with Gasteiger partial charge in [-0.15, -0.1) is 0 Å². The number of halogens is 3. The van der Waals surface area contributed by atoms with Crippen molar-refractivity contribution >= 4 is 17.5 Å². The molecule has 3 aromatic rings. The number of carbonyl (C=O) groups is 2. The molecule has 1 saturated carbocycles. The van der Waals surface area contributed by atoms with Gasteiger partial charge < -0.3 is 25.2 Å². The molecule has 4 atom stereocenters. The Morgan fingerprint density at radius 3 is 2.47 bits per heavy atom. The number of carbonyl (C=O) groups excluding carboxylic acids is 2. The molecule has 3 N–H and O–H groups in total. The van der Waals surface area contributed by atoms with Gasteiger partial charge in [-0.25, -0.2) is 4.79 Å². The molecule has 4 unspecified atom stereocenters. The molecule has 0 saturated heterocycles. The van der Waals surface area contributed by atoms with Crippen LogP contribution in [0.25, 0.3) is 0 Å². The molecule has 1 fully saturated rings. The summed E-state index contributed by atoms with van der Waals surface area (Å²) in [5.74, 6) is -0.235. The minimum absolute atomic E-state index is 0.0553. The zero-order chi connectivity index (χ0) is 37.0. The number of aliphatic hydroxyl groups is 2. The lowest BCUT2D eigenvalue weighted by Crippen LogP contribution is -2.54. The van der Waals surface area contributed by atoms with Crippen LogP contribution in [-0.4, -0.2) is 58.8 Å². The smallest absolute Gasteiger partial charge is 0.416 e. The summed E-state index contributed by atoms with van der Waals surface area (Å²) in [4.78, 5) is 29.6. The highest BCUT2D eigenvalue weighted by Gasteiger charge is 2.57. The Balaban J connectivity index is 1.56. The molecule has 0 aromatic heterocycles. The SMILES string of the molecule is CCCN(CC1(O)CCC2c3ccc(cc3C(=O)c3cccc(C(F)(F)F)c3)CC(O)CCC(C)=CCCC21C)C(=O)Nc1ccc(OC)cc1. The Labute approximate surface area is 298 Å². The van der Waals surface area contributed by atoms with Gasteiger partial charge in [0.05, 0.1) is 30.9 Å². The molecule has 0 aliphatic heterocycles. The first-order valence-corrected chi connectivity index (χ1v) is 17.8. The predicted octanol–water partition coefficient (Wildman–Crippen LogP) is 8.93. The van der Waals surface area contributed by atoms with Gasteiger partial charge in [-0.05, 0) is 118 Å². The lowest BCUT2D eigenvalue weighted by molar-refractivity contribution is -0.137. The van der Waals surface area contributed by atoms with Crippen LogP contribution in [0.3, 0.4) is 0 Å². The van der Waals surface area contributed by atoms with Crippen molar-refractivity contribution in [3.05, 3.63) is 106 Å². The number of allylic oxidation sites excluding steroid dienone is 2. The summed E-state index contributed by atoms with van der Waals surface area (Å²) >= 11 is 0. The lowest BCUT2D eigenvalue weighted by atomic mass is 9.64. The summed E-state index contributed by atoms with van der Waals surface area (Å²) in [6, 6.07) is 16.6. The third-order valence-corrected chi connectivity index (χ3v) is 10.9. The Kier molecular flexibility index (Phi) is 11.7. The topological polar surface area (TPSA) is 99.1 Å². The highest BCUT2D eigenvalue weighted by molar-refractivity contribution is 6.10. The van der Waals surface area contributed by atoms with E-state index in [0.717, 1.165) is 17.7 Å². The quantitative estimate of drug-likeness (QED) is 0.161. The fourth-order valence-corrected chi connectivity index (χ4v) is 7.90. The molecule has 7 nitrogen and oxygen atoms in total. The summed E-state index contributed by atoms with van der Waals surface area (Å²) in [6.45, 7) is 6.48. The minimum Gasteiger partial charge on any atom is -0.497 e. The molecule has 0 spiro atoms. The van der Waals surface area contributed by atoms with Gasteiger partial charge in [0.1, 0.15) is 5.75 Å². The normalized spacial score (nSPS) is 23.9. The summed E-state index contributed by atoms with van der Waals surface area (Å²) in [5, 5.41) is 26.6. The summed E-state index contributed by atoms with van der Waals surface area (Å²) in [7, 11) is 1.57. The van der Waals surface area contributed by atoms with Crippen molar-refractivity contribution < 1.29 is 37.7 Å². The van der Waals surface area contributed by atoms with E-state index in [2.05, 4.69) is 11.4 Å². The van der Waals surface area contributed by atoms with E-state index in [1.165, 1.54) is 12.1 Å². The molecule has 0 heterocycles. The third-order valence-electron chi connectivity index (χ3n) is 10.9. The fourth-order valence-electron chi connectivity index (χ4n) is 7.90. The van der Waals surface area contributed by atoms with Gasteiger partial charge in [-0.2, -0.15) is 13.2 Å². The zero-order valence-corrected chi connectivity index (χ0v) is 29.9. The molecule has 2 amide bonds. The van der Waals surface area contributed by atoms with Crippen LogP contribution in [0.15, 0.2) is 78.4 Å². The maximum Gasteiger partial charge on any atom is 0.416 e. The number of nitrogens with zero attached hydrogens (tertiary/aromatic N) is 1. The van der Waals surface area contributed by atoms with Crippen LogP contribution < -0.4 is 10.1 Å². The number of benzene rings is 3. The maximum atomic E-state index is 14.2. The Bertz CT molecular complexity index is 1740. The first-order chi connectivity index (χ1) is 24.2. The van der Waals surface area contributed by atoms with E-state index >= 15 is 0 Å². The number of urea groups is 1. The van der Waals surface area contributed by atoms with Crippen molar-refractivity contribution in [2.45, 2.75) is 95.9 Å². The van der Waals surface area contributed by atoms with E-state index in [9.17, 15) is 33.0 Å². The monoisotopic (exact) mass is 706 g/mol. The van der Waals surface area contributed by atoms with Crippen molar-refractivity contribution in [3.63, 3.8) is 0 Å². The molecule has 3 aliphatic carbocycles. The molecular formula is C41H49F3N2O5. The minimum atomic E-state index is -4.62. The first-order valence-electron chi connectivity index (χ1n) is 17.8. The Hall–Kier alpha value is -4.15. The number of amides is 2. The number of nitrogens with one attached hydrogen (secondary N) is 1. The number of ketones is 1. The number of hydrogen-bond donors (Lipinski definition) is 3. The van der Waals surface area contributed by atoms with Gasteiger partial charge in [-0.3, -0.25) is 4.79 Å². The van der Waals surface area contributed by atoms with Crippen molar-refractivity contribution in [1.82, 2.24) is 4.90 Å². The van der Waals surface area contributed by atoms with Crippen molar-refractivity contribution in [3.8, 4) is 5.75 Å². The van der Waals surface area contributed by atoms with Crippen molar-refractivity contribution in [2.75, 3.05) is 25.5 Å². The van der Waals surface area contributed by atoms with Crippen LogP contribution in [0.1, 0.15) is 104 Å². The van der Waals surface area contributed by atoms with Gasteiger partial charge >= 0.3 is 12.2 Å². The van der Waals surface area contributed by atoms with Crippen LogP contribution >= 0.6 is 0 Å². The number of hydrogen-bond acceptors (Lipinski definition) is 5. The van der Waals surface area contributed by atoms with Gasteiger partial charge in [0.25, 0.3) is 0 Å². The highest BCUT2D eigenvalue weighted by Crippen LogP contribution is 2.59. The maximum absolute atomic E-state index is 14.2. The number of anilines is 1. The number of ether oxygens (including phenoxy) is 1. The van der Waals surface area contributed by atoms with E-state index in [1.54, 1.807) is 42.3 Å². The number of fused-ring (bicyclic) bond motifs is 8. The molecule has 0 radical (unpaired) electrons. The van der Waals surface area contributed by atoms with Crippen molar-refractivity contribution in [2.24, 2.45) is 5.41 Å². The molecule has 6 rings (SSSR count). The van der Waals surface area contributed by atoms with E-state index in [0.29, 0.717) is 74.1 Å². The Morgan fingerprint density at radius 2 is 1.78 bits per heavy atom. The van der Waals surface area contributed by atoms with E-state index in [4.69, 9.17) is 4.74 Å². The second kappa shape index (κ2) is 15.6. The average molecular weight is 707 g/mol. The molecule has 3 aromatic carbocycles. The summed E-state index contributed by atoms with van der Waals surface area (Å²) in [6.07, 6.45) is 1.01. The standard InChI is InChI=1S/C41H49F3N2O5/c1-5-22-46(38(49)45-31-13-16-33(51-4)17-14-31)26-40(50)21-19-36-34-18-12-28(23-32(47)15-11-27(2)8-7-20-39(36,40)3)24-35(34)37(48)29-9-6-10-30(25-29)41(42,43)44/h6,8-10,12-14,16-18,24-25,32,36,47,50H,5,7,11,15,19-23,26H2,1-4H3,(H,45,49). The van der Waals surface area contributed by atoms with Crippen LogP contribution in [0, 0.1) is 5.41 Å². The second-order valence-electron chi connectivity index (χ2n) is 14.4. The Morgan fingerprint density at radius 1 is 1.04 bits per heavy atom. The van der Waals surface area contributed by atoms with Crippen LogP contribution in [0.5, 0.6) is 5.75 Å². The molecular weight excluding hydrogens is 657 g/mol. The molecule has 2 bridgehead atoms. The van der Waals surface area contributed by atoms with E-state index < -0.39 is 34.6 Å². The number of alkyl halides is 3. The lowest BCUT2D eigenvalue weighted by Gasteiger charge is -2.46. The number of methoxy groups -OCH3 is 1. The molecule has 3 aliphatic rings. The number of aliphatic hydroxyl groups excluding tert-OH is 1. The second-order valence-corrected chi connectivity index (χ2v) is 14.4. The van der Waals surface area contributed by atoms with Crippen LogP contribution in [0.2, 0.25) is 0 Å². The molecule has 51 heavy (non-hydrogen) atoms. The predicted molar refractivity (Wildman–Crippen MR) is 192 cm³/mol. The van der Waals surface area contributed by atoms with Crippen LogP contribution in [-0.2, 0) is 12.6 Å². The van der Waals surface area contributed by atoms with E-state index in [-0.39, 0.29) is 36.0 Å². The average Bonchev–Trinajstić information content (AvgIpc) is 3.35. The summed E-state index contributed by atoms with van der Waals surface area (Å²) < 4.78 is 46.3. The number of rotatable bonds is 8. The largest absolute Gasteiger partial charge is 0.497 e. The fraction of sp³-hybridized carbons (Fsp3) is 0.463. The summed E-state index contributed by atoms with van der Waals surface area (Å²) in [5.41, 5.74) is 0.178. The molecule has 274 valence electrons. The van der Waals surface area contributed by atoms with Gasteiger partial charge in [-0.1, -0.05) is 49.8 Å². The van der Waals surface area contributed by atoms with E-state index in [1.807, 2.05) is 32.9 Å². The third kappa shape index (κ3) is 8.50.